The van der Waals surface area contributed by atoms with E-state index in [9.17, 15) is 4.57 Å². The van der Waals surface area contributed by atoms with Crippen LogP contribution in [0.5, 0.6) is 5.75 Å². The molecule has 1 rings (SSSR count). The summed E-state index contributed by atoms with van der Waals surface area (Å²) in [6.45, 7) is 2.54. The Bertz CT molecular complexity index is 461. The molecule has 0 aliphatic heterocycles. The van der Waals surface area contributed by atoms with Gasteiger partial charge in [0, 0.05) is 0 Å². The number of phosphoric ester groups is 1. The van der Waals surface area contributed by atoms with Crippen LogP contribution < -0.4 is 4.74 Å². The third kappa shape index (κ3) is 11.6. The van der Waals surface area contributed by atoms with E-state index in [1.54, 1.807) is 0 Å². The Morgan fingerprint density at radius 1 is 1.04 bits per heavy atom. The van der Waals surface area contributed by atoms with Crippen LogP contribution in [-0.4, -0.2) is 35.7 Å². The zero-order valence-electron chi connectivity index (χ0n) is 14.3. The molecule has 0 aliphatic rings. The number of para-hydroxylation sites is 1. The lowest BCUT2D eigenvalue weighted by atomic mass is 10.1. The molecule has 0 aliphatic carbocycles. The van der Waals surface area contributed by atoms with Crippen molar-refractivity contribution >= 4 is 7.82 Å². The molecule has 0 heterocycles. The topological polar surface area (TPSA) is 85.2 Å². The monoisotopic (exact) mass is 360 g/mol. The summed E-state index contributed by atoms with van der Waals surface area (Å²) in [6.07, 6.45) is 6.74. The summed E-state index contributed by atoms with van der Waals surface area (Å²) in [6, 6.07) is 9.58. The summed E-state index contributed by atoms with van der Waals surface area (Å²) in [5.74, 6) is 0.797. The number of unbranched alkanes of at least 4 members (excludes halogenated alkanes) is 4. The highest BCUT2D eigenvalue weighted by atomic mass is 31.2. The number of benzene rings is 1. The molecule has 1 aromatic rings. The fourth-order valence-corrected chi connectivity index (χ4v) is 2.59. The van der Waals surface area contributed by atoms with Crippen LogP contribution in [0.15, 0.2) is 30.3 Å². The number of ether oxygens (including phenoxy) is 2. The molecule has 0 amide bonds. The van der Waals surface area contributed by atoms with Gasteiger partial charge in [-0.05, 0) is 25.0 Å². The van der Waals surface area contributed by atoms with Gasteiger partial charge in [0.1, 0.15) is 11.9 Å². The maximum Gasteiger partial charge on any atom is 0.469 e. The first-order chi connectivity index (χ1) is 11.5. The summed E-state index contributed by atoms with van der Waals surface area (Å²) in [5, 5.41) is 0. The van der Waals surface area contributed by atoms with E-state index >= 15 is 0 Å². The standard InChI is InChI=1S/C17H29O6P/c1-2-3-4-5-7-12-17(23-16-10-8-6-9-11-16)15-21-13-14-22-24(18,19)20/h6,8-11,17H,2-5,7,12-15H2,1H3,(H2,18,19,20). The lowest BCUT2D eigenvalue weighted by molar-refractivity contribution is 0.0272. The van der Waals surface area contributed by atoms with Crippen molar-refractivity contribution in [2.75, 3.05) is 19.8 Å². The van der Waals surface area contributed by atoms with Gasteiger partial charge in [0.15, 0.2) is 0 Å². The maximum atomic E-state index is 10.6. The highest BCUT2D eigenvalue weighted by molar-refractivity contribution is 7.46. The van der Waals surface area contributed by atoms with Gasteiger partial charge in [-0.2, -0.15) is 0 Å². The van der Waals surface area contributed by atoms with Crippen molar-refractivity contribution < 1.29 is 28.3 Å². The molecule has 0 bridgehead atoms. The van der Waals surface area contributed by atoms with Gasteiger partial charge in [-0.25, -0.2) is 4.57 Å². The molecule has 7 heteroatoms. The molecule has 0 spiro atoms. The van der Waals surface area contributed by atoms with Gasteiger partial charge in [-0.1, -0.05) is 50.8 Å². The normalized spacial score (nSPS) is 13.0. The number of hydrogen-bond acceptors (Lipinski definition) is 4. The molecule has 1 unspecified atom stereocenters. The highest BCUT2D eigenvalue weighted by Gasteiger charge is 2.14. The minimum Gasteiger partial charge on any atom is -0.488 e. The van der Waals surface area contributed by atoms with E-state index < -0.39 is 7.82 Å². The Balaban J connectivity index is 2.32. The third-order valence-electron chi connectivity index (χ3n) is 3.47. The van der Waals surface area contributed by atoms with Crippen LogP contribution in [0.3, 0.4) is 0 Å². The minimum absolute atomic E-state index is 0.0796. The molecule has 0 radical (unpaired) electrons. The van der Waals surface area contributed by atoms with Crippen LogP contribution in [-0.2, 0) is 13.8 Å². The molecule has 0 saturated heterocycles. The van der Waals surface area contributed by atoms with Crippen molar-refractivity contribution in [2.24, 2.45) is 0 Å². The Morgan fingerprint density at radius 3 is 2.42 bits per heavy atom. The predicted molar refractivity (Wildman–Crippen MR) is 93.0 cm³/mol. The van der Waals surface area contributed by atoms with E-state index in [0.717, 1.165) is 18.6 Å². The van der Waals surface area contributed by atoms with Crippen LogP contribution in [0.1, 0.15) is 45.4 Å². The van der Waals surface area contributed by atoms with Gasteiger partial charge in [-0.3, -0.25) is 4.52 Å². The van der Waals surface area contributed by atoms with E-state index in [0.29, 0.717) is 6.61 Å². The minimum atomic E-state index is -4.42. The van der Waals surface area contributed by atoms with E-state index in [-0.39, 0.29) is 19.3 Å². The van der Waals surface area contributed by atoms with Crippen molar-refractivity contribution in [3.05, 3.63) is 30.3 Å². The molecular weight excluding hydrogens is 331 g/mol. The number of hydrogen-bond donors (Lipinski definition) is 2. The predicted octanol–water partition coefficient (Wildman–Crippen LogP) is 3.92. The molecule has 0 aromatic heterocycles. The average Bonchev–Trinajstić information content (AvgIpc) is 2.54. The van der Waals surface area contributed by atoms with Crippen molar-refractivity contribution in [2.45, 2.75) is 51.6 Å². The number of rotatable bonds is 14. The van der Waals surface area contributed by atoms with Crippen LogP contribution >= 0.6 is 7.82 Å². The Hall–Kier alpha value is -0.910. The molecule has 138 valence electrons. The summed E-state index contributed by atoms with van der Waals surface area (Å²) in [5.41, 5.74) is 0. The smallest absolute Gasteiger partial charge is 0.469 e. The second-order valence-electron chi connectivity index (χ2n) is 5.65. The molecule has 0 saturated carbocycles. The van der Waals surface area contributed by atoms with Gasteiger partial charge in [0.25, 0.3) is 0 Å². The second kappa shape index (κ2) is 12.5. The molecule has 1 aromatic carbocycles. The zero-order chi connectivity index (χ0) is 17.7. The fourth-order valence-electron chi connectivity index (χ4n) is 2.27. The van der Waals surface area contributed by atoms with Crippen molar-refractivity contribution in [1.29, 1.82) is 0 Å². The van der Waals surface area contributed by atoms with Crippen molar-refractivity contribution in [1.82, 2.24) is 0 Å². The van der Waals surface area contributed by atoms with Crippen molar-refractivity contribution in [3.63, 3.8) is 0 Å². The largest absolute Gasteiger partial charge is 0.488 e. The Morgan fingerprint density at radius 2 is 1.75 bits per heavy atom. The second-order valence-corrected chi connectivity index (χ2v) is 6.89. The average molecular weight is 360 g/mol. The van der Waals surface area contributed by atoms with Gasteiger partial charge < -0.3 is 19.3 Å². The summed E-state index contributed by atoms with van der Waals surface area (Å²) in [7, 11) is -4.42. The summed E-state index contributed by atoms with van der Waals surface area (Å²) < 4.78 is 26.3. The van der Waals surface area contributed by atoms with E-state index in [1.165, 1.54) is 25.7 Å². The van der Waals surface area contributed by atoms with Crippen LogP contribution in [0.25, 0.3) is 0 Å². The molecular formula is C17H29O6P. The van der Waals surface area contributed by atoms with E-state index in [2.05, 4.69) is 11.4 Å². The molecule has 0 fully saturated rings. The first kappa shape index (κ1) is 21.1. The lowest BCUT2D eigenvalue weighted by Crippen LogP contribution is -2.24. The van der Waals surface area contributed by atoms with Gasteiger partial charge in [-0.15, -0.1) is 0 Å². The first-order valence-electron chi connectivity index (χ1n) is 8.51. The van der Waals surface area contributed by atoms with Gasteiger partial charge >= 0.3 is 7.82 Å². The molecule has 6 nitrogen and oxygen atoms in total. The summed E-state index contributed by atoms with van der Waals surface area (Å²) in [4.78, 5) is 17.2. The first-order valence-corrected chi connectivity index (χ1v) is 10.0. The fraction of sp³-hybridized carbons (Fsp3) is 0.647. The molecule has 2 N–H and O–H groups in total. The molecule has 1 atom stereocenters. The Kier molecular flexibility index (Phi) is 11.0. The lowest BCUT2D eigenvalue weighted by Gasteiger charge is -2.19. The molecule has 24 heavy (non-hydrogen) atoms. The van der Waals surface area contributed by atoms with Crippen LogP contribution in [0, 0.1) is 0 Å². The third-order valence-corrected chi connectivity index (χ3v) is 3.99. The zero-order valence-corrected chi connectivity index (χ0v) is 15.2. The van der Waals surface area contributed by atoms with Crippen LogP contribution in [0.2, 0.25) is 0 Å². The van der Waals surface area contributed by atoms with Crippen LogP contribution in [0.4, 0.5) is 0 Å². The van der Waals surface area contributed by atoms with E-state index in [4.69, 9.17) is 19.3 Å². The number of phosphoric acid groups is 1. The van der Waals surface area contributed by atoms with Crippen molar-refractivity contribution in [3.8, 4) is 5.75 Å². The van der Waals surface area contributed by atoms with Gasteiger partial charge in [0.2, 0.25) is 0 Å². The SMILES string of the molecule is CCCCCCCC(COCCOP(=O)(O)O)Oc1ccccc1. The Labute approximate surface area is 144 Å². The van der Waals surface area contributed by atoms with Gasteiger partial charge in [0.05, 0.1) is 19.8 Å². The van der Waals surface area contributed by atoms with E-state index in [1.807, 2.05) is 30.3 Å². The quantitative estimate of drug-likeness (QED) is 0.386. The summed E-state index contributed by atoms with van der Waals surface area (Å²) >= 11 is 0. The highest BCUT2D eigenvalue weighted by Crippen LogP contribution is 2.35. The maximum absolute atomic E-state index is 10.6.